The summed E-state index contributed by atoms with van der Waals surface area (Å²) in [5, 5.41) is 8.91. The molecule has 0 radical (unpaired) electrons. The fourth-order valence-corrected chi connectivity index (χ4v) is 8.24. The molecule has 4 aliphatic heterocycles. The smallest absolute Gasteiger partial charge is 0.311 e. The van der Waals surface area contributed by atoms with Gasteiger partial charge in [-0.2, -0.15) is 0 Å². The molecule has 0 bridgehead atoms. The minimum absolute atomic E-state index is 0.136. The van der Waals surface area contributed by atoms with Gasteiger partial charge < -0.3 is 24.4 Å². The van der Waals surface area contributed by atoms with Crippen LogP contribution in [0.25, 0.3) is 0 Å². The monoisotopic (exact) mass is 540 g/mol. The average molecular weight is 541 g/mol. The molecular weight excluding hydrogens is 504 g/mol. The normalized spacial score (nSPS) is 31.5. The van der Waals surface area contributed by atoms with Crippen LogP contribution in [0.15, 0.2) is 48.6 Å². The van der Waals surface area contributed by atoms with Gasteiger partial charge in [-0.05, 0) is 49.9 Å². The van der Waals surface area contributed by atoms with Crippen LogP contribution in [0.2, 0.25) is 0 Å². The van der Waals surface area contributed by atoms with Crippen molar-refractivity contribution in [2.75, 3.05) is 38.3 Å². The summed E-state index contributed by atoms with van der Waals surface area (Å²) in [7, 11) is 1.60. The van der Waals surface area contributed by atoms with Crippen molar-refractivity contribution in [1.82, 2.24) is 4.90 Å². The number of nitrogens with zero attached hydrogens (tertiary/aromatic N) is 2. The van der Waals surface area contributed by atoms with Crippen LogP contribution in [0.1, 0.15) is 38.5 Å². The Hall–Kier alpha value is -2.78. The standard InChI is InChI=1S/C29H36N2O6S/c1-36-21-13-11-20(12-14-21)30-17-9-15-29-24(23-22(38-29)10-5-4-8-19-37-28(23)35)26(33)31(25(29)27(30)34)16-6-2-3-7-18-32/h5,9-15,22-25,32H,2-4,6-8,16-19H2,1H3/b10-5-/t22-,23+,24-,25?,29-/m0/s1. The van der Waals surface area contributed by atoms with E-state index in [9.17, 15) is 14.4 Å². The number of aliphatic hydroxyl groups is 1. The van der Waals surface area contributed by atoms with Gasteiger partial charge in [-0.1, -0.05) is 37.1 Å². The molecule has 204 valence electrons. The van der Waals surface area contributed by atoms with Crippen LogP contribution in [0.4, 0.5) is 5.69 Å². The van der Waals surface area contributed by atoms with E-state index in [0.717, 1.165) is 37.8 Å². The zero-order chi connectivity index (χ0) is 26.7. The van der Waals surface area contributed by atoms with E-state index in [1.807, 2.05) is 42.5 Å². The van der Waals surface area contributed by atoms with Gasteiger partial charge in [0.2, 0.25) is 5.91 Å². The zero-order valence-corrected chi connectivity index (χ0v) is 22.6. The number of hydrogen-bond donors (Lipinski definition) is 1. The van der Waals surface area contributed by atoms with Gasteiger partial charge in [-0.25, -0.2) is 0 Å². The van der Waals surface area contributed by atoms with Crippen molar-refractivity contribution in [3.05, 3.63) is 48.6 Å². The number of cyclic esters (lactones) is 1. The van der Waals surface area contributed by atoms with Crippen LogP contribution in [0, 0.1) is 11.8 Å². The second-order valence-electron chi connectivity index (χ2n) is 10.3. The SMILES string of the molecule is COc1ccc(N2CC=C[C@]34S[C@H]5/C=C\CCCOC(=O)[C@H]5[C@H]3C(=O)N(CCCCCCO)C4C2=O)cc1. The van der Waals surface area contributed by atoms with Gasteiger partial charge in [0.15, 0.2) is 0 Å². The maximum atomic E-state index is 14.4. The first-order chi connectivity index (χ1) is 18.5. The third-order valence-electron chi connectivity index (χ3n) is 8.04. The first kappa shape index (κ1) is 26.8. The zero-order valence-electron chi connectivity index (χ0n) is 21.8. The highest BCUT2D eigenvalue weighted by atomic mass is 32.2. The molecular formula is C29H36N2O6S. The third-order valence-corrected chi connectivity index (χ3v) is 9.79. The summed E-state index contributed by atoms with van der Waals surface area (Å²) in [6.45, 7) is 1.30. The number of aliphatic hydroxyl groups excluding tert-OH is 1. The van der Waals surface area contributed by atoms with Gasteiger partial charge in [0.05, 0.1) is 30.3 Å². The van der Waals surface area contributed by atoms with Gasteiger partial charge in [0, 0.05) is 30.6 Å². The van der Waals surface area contributed by atoms with Crippen molar-refractivity contribution in [1.29, 1.82) is 0 Å². The van der Waals surface area contributed by atoms with E-state index in [4.69, 9.17) is 14.6 Å². The lowest BCUT2D eigenvalue weighted by Gasteiger charge is -2.35. The fraction of sp³-hybridized carbons (Fsp3) is 0.552. The number of esters is 1. The van der Waals surface area contributed by atoms with Gasteiger partial charge in [-0.3, -0.25) is 14.4 Å². The molecule has 1 N–H and O–H groups in total. The minimum atomic E-state index is -0.849. The summed E-state index contributed by atoms with van der Waals surface area (Å²) >= 11 is 1.57. The molecule has 1 spiro atoms. The largest absolute Gasteiger partial charge is 0.497 e. The first-order valence-corrected chi connectivity index (χ1v) is 14.5. The molecule has 8 nitrogen and oxygen atoms in total. The summed E-state index contributed by atoms with van der Waals surface area (Å²) in [4.78, 5) is 45.3. The fourth-order valence-electron chi connectivity index (χ4n) is 6.23. The van der Waals surface area contributed by atoms with Gasteiger partial charge in [0.1, 0.15) is 11.8 Å². The second-order valence-corrected chi connectivity index (χ2v) is 11.8. The molecule has 9 heteroatoms. The molecule has 4 aliphatic rings. The van der Waals surface area contributed by atoms with Crippen molar-refractivity contribution in [2.45, 2.75) is 54.6 Å². The molecule has 0 aromatic heterocycles. The predicted molar refractivity (Wildman–Crippen MR) is 146 cm³/mol. The highest BCUT2D eigenvalue weighted by Crippen LogP contribution is 2.60. The van der Waals surface area contributed by atoms with Crippen molar-refractivity contribution in [3.8, 4) is 5.75 Å². The Bertz CT molecular complexity index is 1100. The summed E-state index contributed by atoms with van der Waals surface area (Å²) in [5.41, 5.74) is 0.737. The number of fused-ring (bicyclic) bond motifs is 2. The van der Waals surface area contributed by atoms with Crippen LogP contribution in [0.5, 0.6) is 5.75 Å². The molecule has 5 atom stereocenters. The molecule has 4 heterocycles. The number of rotatable bonds is 8. The number of allylic oxidation sites excluding steroid dienone is 1. The number of likely N-dealkylation sites (tertiary alicyclic amines) is 1. The highest BCUT2D eigenvalue weighted by Gasteiger charge is 2.70. The molecule has 2 fully saturated rings. The van der Waals surface area contributed by atoms with Crippen LogP contribution in [-0.2, 0) is 19.1 Å². The van der Waals surface area contributed by atoms with Crippen molar-refractivity contribution in [3.63, 3.8) is 0 Å². The predicted octanol–water partition coefficient (Wildman–Crippen LogP) is 3.34. The van der Waals surface area contributed by atoms with E-state index in [0.29, 0.717) is 31.9 Å². The van der Waals surface area contributed by atoms with Gasteiger partial charge in [0.25, 0.3) is 5.91 Å². The Morgan fingerprint density at radius 2 is 1.87 bits per heavy atom. The van der Waals surface area contributed by atoms with E-state index in [2.05, 4.69) is 6.08 Å². The molecule has 5 rings (SSSR count). The van der Waals surface area contributed by atoms with Crippen LogP contribution in [0.3, 0.4) is 0 Å². The van der Waals surface area contributed by atoms with Crippen molar-refractivity contribution < 1.29 is 29.0 Å². The number of carbonyl (C=O) groups excluding carboxylic acids is 3. The topological polar surface area (TPSA) is 96.4 Å². The number of thioether (sulfide) groups is 1. The molecule has 38 heavy (non-hydrogen) atoms. The molecule has 1 aromatic rings. The molecule has 2 amide bonds. The Morgan fingerprint density at radius 3 is 2.63 bits per heavy atom. The third kappa shape index (κ3) is 4.75. The van der Waals surface area contributed by atoms with Crippen LogP contribution in [-0.4, -0.2) is 77.2 Å². The van der Waals surface area contributed by atoms with E-state index in [1.165, 1.54) is 0 Å². The Labute approximate surface area is 228 Å². The molecule has 2 saturated heterocycles. The summed E-state index contributed by atoms with van der Waals surface area (Å²) in [6.07, 6.45) is 12.9. The molecule has 0 saturated carbocycles. The van der Waals surface area contributed by atoms with E-state index in [1.54, 1.807) is 28.7 Å². The molecule has 1 unspecified atom stereocenters. The van der Waals surface area contributed by atoms with E-state index in [-0.39, 0.29) is 29.6 Å². The number of hydrogen-bond acceptors (Lipinski definition) is 7. The van der Waals surface area contributed by atoms with E-state index >= 15 is 0 Å². The Kier molecular flexibility index (Phi) is 8.14. The summed E-state index contributed by atoms with van der Waals surface area (Å²) in [5.74, 6) is -1.21. The Balaban J connectivity index is 1.52. The van der Waals surface area contributed by atoms with Gasteiger partial charge >= 0.3 is 5.97 Å². The van der Waals surface area contributed by atoms with Crippen molar-refractivity contribution >= 4 is 35.2 Å². The number of benzene rings is 1. The maximum Gasteiger partial charge on any atom is 0.311 e. The first-order valence-electron chi connectivity index (χ1n) is 13.6. The second kappa shape index (κ2) is 11.5. The average Bonchev–Trinajstić information content (AvgIpc) is 3.33. The minimum Gasteiger partial charge on any atom is -0.497 e. The lowest BCUT2D eigenvalue weighted by Crippen LogP contribution is -2.53. The number of anilines is 1. The highest BCUT2D eigenvalue weighted by molar-refractivity contribution is 8.02. The van der Waals surface area contributed by atoms with Crippen LogP contribution < -0.4 is 9.64 Å². The quantitative estimate of drug-likeness (QED) is 0.307. The maximum absolute atomic E-state index is 14.4. The number of carbonyl (C=O) groups is 3. The number of methoxy groups -OCH3 is 1. The molecule has 1 aromatic carbocycles. The lowest BCUT2D eigenvalue weighted by atomic mass is 9.78. The Morgan fingerprint density at radius 1 is 1.08 bits per heavy atom. The van der Waals surface area contributed by atoms with E-state index < -0.39 is 22.6 Å². The number of unbranched alkanes of at least 4 members (excludes halogenated alkanes) is 3. The molecule has 0 aliphatic carbocycles. The summed E-state index contributed by atoms with van der Waals surface area (Å²) in [6, 6.07) is 6.64. The lowest BCUT2D eigenvalue weighted by molar-refractivity contribution is -0.153. The van der Waals surface area contributed by atoms with Crippen LogP contribution >= 0.6 is 11.8 Å². The number of ether oxygens (including phenoxy) is 2. The van der Waals surface area contributed by atoms with Gasteiger partial charge in [-0.15, -0.1) is 11.8 Å². The van der Waals surface area contributed by atoms with Crippen molar-refractivity contribution in [2.24, 2.45) is 11.8 Å². The number of amides is 2. The summed E-state index contributed by atoms with van der Waals surface area (Å²) < 4.78 is 10.1.